The maximum atomic E-state index is 12.2. The van der Waals surface area contributed by atoms with E-state index in [1.165, 1.54) is 0 Å². The van der Waals surface area contributed by atoms with Crippen molar-refractivity contribution in [1.82, 2.24) is 5.32 Å². The Kier molecular flexibility index (Phi) is 5.72. The first-order valence-corrected chi connectivity index (χ1v) is 8.83. The number of hydrogen-bond acceptors (Lipinski definition) is 5. The number of para-hydroxylation sites is 1. The molecule has 0 aliphatic heterocycles. The topological polar surface area (TPSA) is 88.4 Å². The summed E-state index contributed by atoms with van der Waals surface area (Å²) in [7, 11) is 0. The quantitative estimate of drug-likeness (QED) is 0.792. The van der Waals surface area contributed by atoms with Crippen LogP contribution in [0.5, 0.6) is 11.5 Å². The first-order chi connectivity index (χ1) is 13.1. The van der Waals surface area contributed by atoms with Gasteiger partial charge in [-0.2, -0.15) is 5.26 Å². The van der Waals surface area contributed by atoms with Gasteiger partial charge in [0, 0.05) is 0 Å². The van der Waals surface area contributed by atoms with Crippen LogP contribution in [0, 0.1) is 11.3 Å². The fraction of sp³-hybridized carbons (Fsp3) is 0.286. The molecule has 2 aromatic carbocycles. The molecule has 27 heavy (non-hydrogen) atoms. The number of nitrogens with zero attached hydrogens (tertiary/aromatic N) is 1. The van der Waals surface area contributed by atoms with Crippen molar-refractivity contribution in [3.8, 4) is 17.6 Å². The number of carbonyl (C=O) groups excluding carboxylic acids is 2. The molecule has 0 bridgehead atoms. The third-order valence-corrected chi connectivity index (χ3v) is 4.43. The molecule has 0 unspecified atom stereocenters. The van der Waals surface area contributed by atoms with Crippen molar-refractivity contribution >= 4 is 11.9 Å². The van der Waals surface area contributed by atoms with Crippen molar-refractivity contribution in [1.29, 1.82) is 5.26 Å². The lowest BCUT2D eigenvalue weighted by Crippen LogP contribution is -2.46. The molecule has 138 valence electrons. The highest BCUT2D eigenvalue weighted by Crippen LogP contribution is 2.28. The van der Waals surface area contributed by atoms with Crippen LogP contribution in [0.3, 0.4) is 0 Å². The molecule has 1 N–H and O–H groups in total. The molecule has 0 aromatic heterocycles. The van der Waals surface area contributed by atoms with Gasteiger partial charge in [-0.25, -0.2) is 4.79 Å². The van der Waals surface area contributed by atoms with Crippen LogP contribution >= 0.6 is 0 Å². The zero-order chi connectivity index (χ0) is 19.1. The molecule has 0 radical (unpaired) electrons. The van der Waals surface area contributed by atoms with Crippen LogP contribution in [-0.2, 0) is 9.53 Å². The Morgan fingerprint density at radius 1 is 1.04 bits per heavy atom. The number of ether oxygens (including phenoxy) is 2. The predicted octanol–water partition coefficient (Wildman–Crippen LogP) is 3.59. The summed E-state index contributed by atoms with van der Waals surface area (Å²) in [6.45, 7) is -0.425. The van der Waals surface area contributed by atoms with E-state index in [0.29, 0.717) is 24.3 Å². The number of nitriles is 1. The second-order valence-corrected chi connectivity index (χ2v) is 6.47. The highest BCUT2D eigenvalue weighted by molar-refractivity contribution is 5.91. The van der Waals surface area contributed by atoms with Crippen LogP contribution in [-0.4, -0.2) is 24.0 Å². The Labute approximate surface area is 157 Å². The molecule has 0 heterocycles. The first kappa shape index (κ1) is 18.5. The van der Waals surface area contributed by atoms with Gasteiger partial charge in [0.2, 0.25) is 0 Å². The van der Waals surface area contributed by atoms with Crippen LogP contribution in [0.4, 0.5) is 0 Å². The van der Waals surface area contributed by atoms with Gasteiger partial charge in [0.25, 0.3) is 5.91 Å². The normalized spacial score (nSPS) is 14.8. The summed E-state index contributed by atoms with van der Waals surface area (Å²) in [5.74, 6) is 0.0554. The van der Waals surface area contributed by atoms with Crippen molar-refractivity contribution in [2.45, 2.75) is 31.2 Å². The summed E-state index contributed by atoms with van der Waals surface area (Å²) in [6.07, 6.45) is 3.06. The van der Waals surface area contributed by atoms with Gasteiger partial charge in [0.05, 0.1) is 11.6 Å². The molecule has 1 saturated carbocycles. The number of esters is 1. The van der Waals surface area contributed by atoms with Crippen LogP contribution in [0.15, 0.2) is 54.6 Å². The van der Waals surface area contributed by atoms with Gasteiger partial charge < -0.3 is 14.8 Å². The first-order valence-electron chi connectivity index (χ1n) is 8.83. The molecule has 1 fully saturated rings. The van der Waals surface area contributed by atoms with Gasteiger partial charge in [0.1, 0.15) is 17.0 Å². The number of benzene rings is 2. The van der Waals surface area contributed by atoms with Gasteiger partial charge in [-0.1, -0.05) is 24.3 Å². The second-order valence-electron chi connectivity index (χ2n) is 6.47. The van der Waals surface area contributed by atoms with Crippen molar-refractivity contribution in [2.24, 2.45) is 0 Å². The smallest absolute Gasteiger partial charge is 0.338 e. The monoisotopic (exact) mass is 364 g/mol. The highest BCUT2D eigenvalue weighted by Gasteiger charge is 2.35. The molecule has 1 aliphatic rings. The summed E-state index contributed by atoms with van der Waals surface area (Å²) >= 11 is 0. The van der Waals surface area contributed by atoms with Gasteiger partial charge in [-0.05, 0) is 56.0 Å². The zero-order valence-corrected chi connectivity index (χ0v) is 14.8. The zero-order valence-electron chi connectivity index (χ0n) is 14.8. The lowest BCUT2D eigenvalue weighted by atomic mass is 10.00. The average molecular weight is 364 g/mol. The van der Waals surface area contributed by atoms with Crippen molar-refractivity contribution in [3.05, 3.63) is 60.2 Å². The molecule has 3 rings (SSSR count). The molecular formula is C21H20N2O4. The fourth-order valence-corrected chi connectivity index (χ4v) is 3.07. The number of carbonyl (C=O) groups is 2. The molecule has 1 aliphatic carbocycles. The van der Waals surface area contributed by atoms with Gasteiger partial charge in [-0.3, -0.25) is 4.79 Å². The predicted molar refractivity (Wildman–Crippen MR) is 98.2 cm³/mol. The van der Waals surface area contributed by atoms with Crippen molar-refractivity contribution in [2.75, 3.05) is 6.61 Å². The Balaban J connectivity index is 1.56. The van der Waals surface area contributed by atoms with Crippen LogP contribution in [0.2, 0.25) is 0 Å². The van der Waals surface area contributed by atoms with Crippen molar-refractivity contribution in [3.63, 3.8) is 0 Å². The van der Waals surface area contributed by atoms with E-state index in [1.807, 2.05) is 30.3 Å². The molecule has 0 saturated heterocycles. The highest BCUT2D eigenvalue weighted by atomic mass is 16.5. The molecule has 6 heteroatoms. The minimum absolute atomic E-state index is 0.284. The van der Waals surface area contributed by atoms with Gasteiger partial charge >= 0.3 is 5.97 Å². The van der Waals surface area contributed by atoms with Crippen molar-refractivity contribution < 1.29 is 19.1 Å². The standard InChI is InChI=1S/C21H20N2O4/c22-15-21(11-4-5-12-21)23-19(24)14-26-20(25)16-7-6-10-18(13-16)27-17-8-2-1-3-9-17/h1-3,6-10,13H,4-5,11-12,14H2,(H,23,24). The molecule has 0 spiro atoms. The molecule has 1 amide bonds. The maximum absolute atomic E-state index is 12.2. The Bertz CT molecular complexity index is 852. The Hall–Kier alpha value is -3.33. The van der Waals surface area contributed by atoms with Gasteiger partial charge in [-0.15, -0.1) is 0 Å². The Morgan fingerprint density at radius 3 is 2.44 bits per heavy atom. The number of amides is 1. The summed E-state index contributed by atoms with van der Waals surface area (Å²) in [6, 6.07) is 17.9. The van der Waals surface area contributed by atoms with E-state index in [0.717, 1.165) is 12.8 Å². The molecule has 6 nitrogen and oxygen atoms in total. The van der Waals surface area contributed by atoms with Gasteiger partial charge in [0.15, 0.2) is 6.61 Å². The van der Waals surface area contributed by atoms with E-state index < -0.39 is 24.0 Å². The third-order valence-electron chi connectivity index (χ3n) is 4.43. The molecule has 0 atom stereocenters. The van der Waals surface area contributed by atoms with Crippen LogP contribution in [0.25, 0.3) is 0 Å². The summed E-state index contributed by atoms with van der Waals surface area (Å²) < 4.78 is 10.8. The average Bonchev–Trinajstić information content (AvgIpc) is 3.16. The van der Waals surface area contributed by atoms with E-state index in [4.69, 9.17) is 9.47 Å². The summed E-state index contributed by atoms with van der Waals surface area (Å²) in [5, 5.41) is 12.0. The lowest BCUT2D eigenvalue weighted by Gasteiger charge is -2.21. The molecular weight excluding hydrogens is 344 g/mol. The Morgan fingerprint density at radius 2 is 1.74 bits per heavy atom. The lowest BCUT2D eigenvalue weighted by molar-refractivity contribution is -0.125. The van der Waals surface area contributed by atoms with E-state index in [2.05, 4.69) is 11.4 Å². The van der Waals surface area contributed by atoms with E-state index in [9.17, 15) is 14.9 Å². The maximum Gasteiger partial charge on any atom is 0.338 e. The van der Waals surface area contributed by atoms with E-state index in [1.54, 1.807) is 24.3 Å². The number of hydrogen-bond donors (Lipinski definition) is 1. The summed E-state index contributed by atoms with van der Waals surface area (Å²) in [4.78, 5) is 24.3. The van der Waals surface area contributed by atoms with Crippen LogP contribution in [0.1, 0.15) is 36.0 Å². The number of nitrogens with one attached hydrogen (secondary N) is 1. The SMILES string of the molecule is N#CC1(NC(=O)COC(=O)c2cccc(Oc3ccccc3)c2)CCCC1. The fourth-order valence-electron chi connectivity index (χ4n) is 3.07. The van der Waals surface area contributed by atoms with E-state index in [-0.39, 0.29) is 5.56 Å². The number of rotatable bonds is 6. The minimum atomic E-state index is -0.826. The minimum Gasteiger partial charge on any atom is -0.457 e. The largest absolute Gasteiger partial charge is 0.457 e. The van der Waals surface area contributed by atoms with Crippen LogP contribution < -0.4 is 10.1 Å². The van der Waals surface area contributed by atoms with E-state index >= 15 is 0 Å². The summed E-state index contributed by atoms with van der Waals surface area (Å²) in [5.41, 5.74) is -0.542. The third kappa shape index (κ3) is 4.85. The molecule has 2 aromatic rings. The second kappa shape index (κ2) is 8.37.